The summed E-state index contributed by atoms with van der Waals surface area (Å²) in [6.07, 6.45) is 5.09. The average molecular weight is 709 g/mol. The second-order valence-electron chi connectivity index (χ2n) is 11.8. The maximum Gasteiger partial charge on any atom is 0.264 e. The molecule has 8 nitrogen and oxygen atoms in total. The number of hydrogen-bond acceptors (Lipinski definition) is 5. The summed E-state index contributed by atoms with van der Waals surface area (Å²) in [5, 5.41) is 3.96. The van der Waals surface area contributed by atoms with Crippen molar-refractivity contribution in [2.45, 2.75) is 62.0 Å². The number of carbonyl (C=O) groups excluding carboxylic acids is 2. The van der Waals surface area contributed by atoms with E-state index < -0.39 is 28.5 Å². The molecule has 5 rings (SSSR count). The molecule has 4 aromatic rings. The Labute approximate surface area is 292 Å². The largest absolute Gasteiger partial charge is 0.497 e. The van der Waals surface area contributed by atoms with Crippen molar-refractivity contribution >= 4 is 50.7 Å². The first-order valence-electron chi connectivity index (χ1n) is 16.0. The van der Waals surface area contributed by atoms with Crippen LogP contribution in [0.4, 0.5) is 5.69 Å². The summed E-state index contributed by atoms with van der Waals surface area (Å²) in [6, 6.07) is 27.9. The molecule has 252 valence electrons. The van der Waals surface area contributed by atoms with Gasteiger partial charge < -0.3 is 15.0 Å². The number of nitrogens with one attached hydrogen (secondary N) is 1. The number of ether oxygens (including phenoxy) is 1. The number of anilines is 1. The molecule has 4 aromatic carbocycles. The molecule has 2 amide bonds. The van der Waals surface area contributed by atoms with Crippen LogP contribution in [0, 0.1) is 0 Å². The summed E-state index contributed by atoms with van der Waals surface area (Å²) < 4.78 is 34.8. The lowest BCUT2D eigenvalue weighted by Crippen LogP contribution is -2.55. The van der Waals surface area contributed by atoms with Crippen LogP contribution in [-0.4, -0.2) is 50.9 Å². The lowest BCUT2D eigenvalue weighted by Gasteiger charge is -2.35. The Kier molecular flexibility index (Phi) is 12.0. The first kappa shape index (κ1) is 35.3. The van der Waals surface area contributed by atoms with Gasteiger partial charge in [-0.05, 0) is 60.4 Å². The van der Waals surface area contributed by atoms with E-state index in [0.717, 1.165) is 42.0 Å². The molecule has 0 radical (unpaired) electrons. The van der Waals surface area contributed by atoms with Crippen molar-refractivity contribution < 1.29 is 22.7 Å². The van der Waals surface area contributed by atoms with E-state index in [1.54, 1.807) is 60.7 Å². The van der Waals surface area contributed by atoms with Crippen LogP contribution in [0.1, 0.15) is 43.2 Å². The quantitative estimate of drug-likeness (QED) is 0.158. The Bertz CT molecular complexity index is 1800. The van der Waals surface area contributed by atoms with E-state index in [4.69, 9.17) is 27.9 Å². The molecule has 1 N–H and O–H groups in total. The zero-order valence-corrected chi connectivity index (χ0v) is 29.1. The number of carbonyl (C=O) groups is 2. The van der Waals surface area contributed by atoms with E-state index in [1.807, 2.05) is 30.3 Å². The summed E-state index contributed by atoms with van der Waals surface area (Å²) >= 11 is 12.8. The maximum absolute atomic E-state index is 14.7. The minimum Gasteiger partial charge on any atom is -0.497 e. The Hall–Kier alpha value is -4.05. The van der Waals surface area contributed by atoms with Crippen molar-refractivity contribution in [1.29, 1.82) is 0 Å². The van der Waals surface area contributed by atoms with Gasteiger partial charge in [0.2, 0.25) is 11.8 Å². The van der Waals surface area contributed by atoms with E-state index >= 15 is 0 Å². The summed E-state index contributed by atoms with van der Waals surface area (Å²) in [6.45, 7) is -0.640. The van der Waals surface area contributed by atoms with E-state index in [1.165, 1.54) is 24.1 Å². The van der Waals surface area contributed by atoms with Crippen LogP contribution in [0.15, 0.2) is 108 Å². The zero-order valence-electron chi connectivity index (χ0n) is 26.7. The Morgan fingerprint density at radius 3 is 2.23 bits per heavy atom. The standard InChI is InChI=1S/C37H39Cl2N3O5S/c1-47-32-17-11-16-31(24-32)42(48(45,46)33-18-9-4-10-19-33)26-36(43)41(25-28-20-21-29(38)23-34(28)39)35(22-27-12-5-2-6-13-27)37(44)40-30-14-7-3-8-15-30/h2,4-6,9-13,16-21,23-24,30,35H,3,7-8,14-15,22,25-26H2,1H3,(H,40,44)/t35-/m0/s1. The molecular weight excluding hydrogens is 669 g/mol. The van der Waals surface area contributed by atoms with Gasteiger partial charge >= 0.3 is 0 Å². The first-order valence-corrected chi connectivity index (χ1v) is 18.1. The topological polar surface area (TPSA) is 96.0 Å². The van der Waals surface area contributed by atoms with Crippen LogP contribution in [-0.2, 0) is 32.6 Å². The number of rotatable bonds is 13. The van der Waals surface area contributed by atoms with Gasteiger partial charge in [0.05, 0.1) is 17.7 Å². The SMILES string of the molecule is COc1cccc(N(CC(=O)N(Cc2ccc(Cl)cc2Cl)[C@@H](Cc2ccccc2)C(=O)NC2CCCCC2)S(=O)(=O)c2ccccc2)c1. The van der Waals surface area contributed by atoms with Crippen molar-refractivity contribution in [2.24, 2.45) is 0 Å². The van der Waals surface area contributed by atoms with Crippen LogP contribution in [0.2, 0.25) is 10.0 Å². The van der Waals surface area contributed by atoms with E-state index in [-0.39, 0.29) is 35.5 Å². The lowest BCUT2D eigenvalue weighted by molar-refractivity contribution is -0.140. The van der Waals surface area contributed by atoms with Gasteiger partial charge in [-0.3, -0.25) is 13.9 Å². The normalized spacial score (nSPS) is 14.1. The molecule has 0 aliphatic heterocycles. The van der Waals surface area contributed by atoms with Gasteiger partial charge in [0.1, 0.15) is 18.3 Å². The minimum atomic E-state index is -4.24. The highest BCUT2D eigenvalue weighted by Gasteiger charge is 2.35. The number of halogens is 2. The van der Waals surface area contributed by atoms with Crippen LogP contribution < -0.4 is 14.4 Å². The third kappa shape index (κ3) is 8.89. The van der Waals surface area contributed by atoms with Gasteiger partial charge in [-0.15, -0.1) is 0 Å². The predicted molar refractivity (Wildman–Crippen MR) is 190 cm³/mol. The highest BCUT2D eigenvalue weighted by atomic mass is 35.5. The van der Waals surface area contributed by atoms with Gasteiger partial charge in [0, 0.05) is 35.1 Å². The second kappa shape index (κ2) is 16.4. The number of nitrogens with zero attached hydrogens (tertiary/aromatic N) is 2. The van der Waals surface area contributed by atoms with Gasteiger partial charge in [0.25, 0.3) is 10.0 Å². The van der Waals surface area contributed by atoms with Crippen LogP contribution >= 0.6 is 23.2 Å². The number of amides is 2. The molecule has 1 aliphatic carbocycles. The van der Waals surface area contributed by atoms with Crippen LogP contribution in [0.25, 0.3) is 0 Å². The van der Waals surface area contributed by atoms with E-state index in [0.29, 0.717) is 21.4 Å². The summed E-state index contributed by atoms with van der Waals surface area (Å²) in [7, 11) is -2.75. The third-order valence-electron chi connectivity index (χ3n) is 8.53. The molecule has 0 saturated heterocycles. The molecule has 1 saturated carbocycles. The molecule has 0 bridgehead atoms. The van der Waals surface area contributed by atoms with E-state index in [9.17, 15) is 18.0 Å². The van der Waals surface area contributed by atoms with Crippen molar-refractivity contribution in [3.63, 3.8) is 0 Å². The molecule has 11 heteroatoms. The maximum atomic E-state index is 14.7. The van der Waals surface area contributed by atoms with Gasteiger partial charge in [0.15, 0.2) is 0 Å². The summed E-state index contributed by atoms with van der Waals surface area (Å²) in [5.74, 6) is -0.460. The van der Waals surface area contributed by atoms with Gasteiger partial charge in [-0.2, -0.15) is 0 Å². The highest BCUT2D eigenvalue weighted by Crippen LogP contribution is 2.29. The number of hydrogen-bond donors (Lipinski definition) is 1. The molecule has 1 fully saturated rings. The first-order chi connectivity index (χ1) is 23.2. The zero-order chi connectivity index (χ0) is 34.1. The van der Waals surface area contributed by atoms with Gasteiger partial charge in [-0.25, -0.2) is 8.42 Å². The van der Waals surface area contributed by atoms with Crippen molar-refractivity contribution in [2.75, 3.05) is 18.0 Å². The molecular formula is C37H39Cl2N3O5S. The second-order valence-corrected chi connectivity index (χ2v) is 14.5. The fourth-order valence-electron chi connectivity index (χ4n) is 5.95. The molecule has 0 spiro atoms. The Morgan fingerprint density at radius 2 is 1.56 bits per heavy atom. The molecule has 0 aromatic heterocycles. The number of methoxy groups -OCH3 is 1. The summed E-state index contributed by atoms with van der Waals surface area (Å²) in [4.78, 5) is 30.4. The number of benzene rings is 4. The van der Waals surface area contributed by atoms with E-state index in [2.05, 4.69) is 5.32 Å². The summed E-state index contributed by atoms with van der Waals surface area (Å²) in [5.41, 5.74) is 1.65. The Morgan fingerprint density at radius 1 is 0.875 bits per heavy atom. The molecule has 1 atom stereocenters. The smallest absolute Gasteiger partial charge is 0.264 e. The van der Waals surface area contributed by atoms with Crippen molar-refractivity contribution in [3.05, 3.63) is 124 Å². The predicted octanol–water partition coefficient (Wildman–Crippen LogP) is 7.29. The molecule has 48 heavy (non-hydrogen) atoms. The fourth-order valence-corrected chi connectivity index (χ4v) is 7.84. The minimum absolute atomic E-state index is 0.00710. The highest BCUT2D eigenvalue weighted by molar-refractivity contribution is 7.92. The van der Waals surface area contributed by atoms with Crippen LogP contribution in [0.5, 0.6) is 5.75 Å². The Balaban J connectivity index is 1.58. The molecule has 1 aliphatic rings. The monoisotopic (exact) mass is 707 g/mol. The van der Waals surface area contributed by atoms with Crippen LogP contribution in [0.3, 0.4) is 0 Å². The fraction of sp³-hybridized carbons (Fsp3) is 0.297. The third-order valence-corrected chi connectivity index (χ3v) is 10.9. The number of sulfonamides is 1. The van der Waals surface area contributed by atoms with Gasteiger partial charge in [-0.1, -0.05) is 103 Å². The lowest BCUT2D eigenvalue weighted by atomic mass is 9.94. The molecule has 0 heterocycles. The van der Waals surface area contributed by atoms with Crippen molar-refractivity contribution in [1.82, 2.24) is 10.2 Å². The molecule has 0 unspecified atom stereocenters. The van der Waals surface area contributed by atoms with Crippen molar-refractivity contribution in [3.8, 4) is 5.75 Å². The average Bonchev–Trinajstić information content (AvgIpc) is 3.10.